The Morgan fingerprint density at radius 1 is 0.889 bits per heavy atom. The summed E-state index contributed by atoms with van der Waals surface area (Å²) in [5, 5.41) is 9.04. The van der Waals surface area contributed by atoms with Crippen molar-refractivity contribution < 1.29 is 4.74 Å². The summed E-state index contributed by atoms with van der Waals surface area (Å²) < 4.78 is 7.20. The first kappa shape index (κ1) is 17.0. The van der Waals surface area contributed by atoms with Gasteiger partial charge in [-0.25, -0.2) is 4.98 Å². The molecule has 0 saturated carbocycles. The lowest BCUT2D eigenvalue weighted by Gasteiger charge is -2.03. The molecule has 0 bridgehead atoms. The van der Waals surface area contributed by atoms with E-state index < -0.39 is 0 Å². The Balaban J connectivity index is 1.83. The Morgan fingerprint density at radius 2 is 1.63 bits per heavy atom. The molecule has 0 saturated heterocycles. The van der Waals surface area contributed by atoms with Gasteiger partial charge in [-0.05, 0) is 73.5 Å². The summed E-state index contributed by atoms with van der Waals surface area (Å²) in [5.74, 6) is 1.51. The average Bonchev–Trinajstić information content (AvgIpc) is 3.04. The van der Waals surface area contributed by atoms with E-state index in [1.54, 1.807) is 7.11 Å². The molecule has 0 radical (unpaired) electrons. The number of hydrogen-bond acceptors (Lipinski definition) is 4. The molecule has 0 fully saturated rings. The highest BCUT2D eigenvalue weighted by Gasteiger charge is 2.14. The third kappa shape index (κ3) is 3.44. The van der Waals surface area contributed by atoms with Crippen molar-refractivity contribution >= 4 is 17.2 Å². The number of pyridine rings is 1. The highest BCUT2D eigenvalue weighted by molar-refractivity contribution is 5.74. The zero-order chi connectivity index (χ0) is 18.8. The number of aromatic nitrogens is 2. The fourth-order valence-electron chi connectivity index (χ4n) is 3.13. The second kappa shape index (κ2) is 7.03. The van der Waals surface area contributed by atoms with Crippen LogP contribution < -0.4 is 4.74 Å². The van der Waals surface area contributed by atoms with Crippen molar-refractivity contribution in [1.82, 2.24) is 9.38 Å². The third-order valence-corrected chi connectivity index (χ3v) is 4.33. The summed E-state index contributed by atoms with van der Waals surface area (Å²) in [6, 6.07) is 19.9. The van der Waals surface area contributed by atoms with E-state index in [4.69, 9.17) is 9.72 Å². The minimum absolute atomic E-state index is 0.704. The maximum absolute atomic E-state index is 5.25. The molecular formula is C22H20N4O. The molecule has 2 heterocycles. The number of hydrogen-bond donors (Lipinski definition) is 0. The predicted molar refractivity (Wildman–Crippen MR) is 107 cm³/mol. The minimum Gasteiger partial charge on any atom is -0.497 e. The van der Waals surface area contributed by atoms with Gasteiger partial charge in [0, 0.05) is 11.8 Å². The zero-order valence-electron chi connectivity index (χ0n) is 15.5. The van der Waals surface area contributed by atoms with Gasteiger partial charge in [0.05, 0.1) is 12.8 Å². The lowest BCUT2D eigenvalue weighted by molar-refractivity contribution is 0.415. The van der Waals surface area contributed by atoms with Crippen molar-refractivity contribution in [2.24, 2.45) is 10.2 Å². The molecular weight excluding hydrogens is 336 g/mol. The monoisotopic (exact) mass is 356 g/mol. The highest BCUT2D eigenvalue weighted by atomic mass is 16.5. The van der Waals surface area contributed by atoms with Gasteiger partial charge in [-0.15, -0.1) is 10.2 Å². The summed E-state index contributed by atoms with van der Waals surface area (Å²) in [5.41, 5.74) is 5.75. The van der Waals surface area contributed by atoms with Gasteiger partial charge in [0.25, 0.3) is 0 Å². The van der Waals surface area contributed by atoms with Gasteiger partial charge in [-0.1, -0.05) is 12.1 Å². The number of benzene rings is 2. The topological polar surface area (TPSA) is 51.2 Å². The summed E-state index contributed by atoms with van der Waals surface area (Å²) >= 11 is 0. The second-order valence-corrected chi connectivity index (χ2v) is 6.49. The SMILES string of the molecule is COc1ccc(-c2nc3ccccn3c2N=Nc2cc(C)cc(C)c2)cc1. The maximum Gasteiger partial charge on any atom is 0.187 e. The Kier molecular flexibility index (Phi) is 4.42. The molecule has 2 aromatic carbocycles. The van der Waals surface area contributed by atoms with Crippen LogP contribution in [0.1, 0.15) is 11.1 Å². The summed E-state index contributed by atoms with van der Waals surface area (Å²) in [6.07, 6.45) is 1.95. The maximum atomic E-state index is 5.25. The number of imidazole rings is 1. The van der Waals surface area contributed by atoms with E-state index >= 15 is 0 Å². The number of rotatable bonds is 4. The van der Waals surface area contributed by atoms with Crippen LogP contribution in [0.3, 0.4) is 0 Å². The standard InChI is InChI=1S/C22H20N4O/c1-15-12-16(2)14-18(13-15)24-25-22-21(17-7-9-19(27-3)10-8-17)23-20-6-4-5-11-26(20)22/h4-14H,1-3H3. The van der Waals surface area contributed by atoms with Crippen molar-refractivity contribution in [1.29, 1.82) is 0 Å². The van der Waals surface area contributed by atoms with Crippen LogP contribution in [0.2, 0.25) is 0 Å². The Hall–Kier alpha value is -3.47. The fourth-order valence-corrected chi connectivity index (χ4v) is 3.13. The van der Waals surface area contributed by atoms with Crippen LogP contribution in [0.25, 0.3) is 16.9 Å². The van der Waals surface area contributed by atoms with E-state index in [9.17, 15) is 0 Å². The van der Waals surface area contributed by atoms with E-state index in [-0.39, 0.29) is 0 Å². The van der Waals surface area contributed by atoms with E-state index in [1.807, 2.05) is 65.2 Å². The van der Waals surface area contributed by atoms with Crippen LogP contribution >= 0.6 is 0 Å². The first-order valence-electron chi connectivity index (χ1n) is 8.75. The molecule has 5 heteroatoms. The molecule has 0 atom stereocenters. The molecule has 5 nitrogen and oxygen atoms in total. The molecule has 0 amide bonds. The number of fused-ring (bicyclic) bond motifs is 1. The van der Waals surface area contributed by atoms with E-state index in [1.165, 1.54) is 0 Å². The molecule has 4 aromatic rings. The molecule has 0 spiro atoms. The molecule has 27 heavy (non-hydrogen) atoms. The van der Waals surface area contributed by atoms with Gasteiger partial charge < -0.3 is 4.74 Å². The number of aryl methyl sites for hydroxylation is 2. The fraction of sp³-hybridized carbons (Fsp3) is 0.136. The van der Waals surface area contributed by atoms with E-state index in [2.05, 4.69) is 30.1 Å². The van der Waals surface area contributed by atoms with Crippen LogP contribution in [0.5, 0.6) is 5.75 Å². The Bertz CT molecular complexity index is 1110. The minimum atomic E-state index is 0.704. The van der Waals surface area contributed by atoms with Crippen molar-refractivity contribution in [2.75, 3.05) is 7.11 Å². The lowest BCUT2D eigenvalue weighted by atomic mass is 10.1. The second-order valence-electron chi connectivity index (χ2n) is 6.49. The van der Waals surface area contributed by atoms with Gasteiger partial charge >= 0.3 is 0 Å². The molecule has 0 aliphatic carbocycles. The molecule has 134 valence electrons. The van der Waals surface area contributed by atoms with Crippen LogP contribution in [-0.4, -0.2) is 16.5 Å². The smallest absolute Gasteiger partial charge is 0.187 e. The van der Waals surface area contributed by atoms with Crippen molar-refractivity contribution in [3.8, 4) is 17.0 Å². The lowest BCUT2D eigenvalue weighted by Crippen LogP contribution is -1.84. The van der Waals surface area contributed by atoms with E-state index in [0.29, 0.717) is 5.82 Å². The van der Waals surface area contributed by atoms with Crippen molar-refractivity contribution in [3.63, 3.8) is 0 Å². The van der Waals surface area contributed by atoms with Gasteiger partial charge in [-0.3, -0.25) is 4.40 Å². The summed E-state index contributed by atoms with van der Waals surface area (Å²) in [6.45, 7) is 4.12. The first-order chi connectivity index (χ1) is 13.1. The largest absolute Gasteiger partial charge is 0.497 e. The van der Waals surface area contributed by atoms with Gasteiger partial charge in [0.1, 0.15) is 17.1 Å². The first-order valence-corrected chi connectivity index (χ1v) is 8.75. The third-order valence-electron chi connectivity index (χ3n) is 4.33. The molecule has 0 aliphatic heterocycles. The Labute approximate surface area is 158 Å². The van der Waals surface area contributed by atoms with Gasteiger partial charge in [0.2, 0.25) is 0 Å². The molecule has 0 unspecified atom stereocenters. The zero-order valence-corrected chi connectivity index (χ0v) is 15.5. The van der Waals surface area contributed by atoms with Crippen LogP contribution in [-0.2, 0) is 0 Å². The Morgan fingerprint density at radius 3 is 2.33 bits per heavy atom. The van der Waals surface area contributed by atoms with Gasteiger partial charge in [0.15, 0.2) is 5.82 Å². The van der Waals surface area contributed by atoms with Crippen LogP contribution in [0.4, 0.5) is 11.5 Å². The van der Waals surface area contributed by atoms with Gasteiger partial charge in [-0.2, -0.15) is 0 Å². The number of ether oxygens (including phenoxy) is 1. The number of azo groups is 1. The molecule has 0 aliphatic rings. The van der Waals surface area contributed by atoms with Crippen LogP contribution in [0, 0.1) is 13.8 Å². The number of methoxy groups -OCH3 is 1. The van der Waals surface area contributed by atoms with Crippen molar-refractivity contribution in [2.45, 2.75) is 13.8 Å². The highest BCUT2D eigenvalue weighted by Crippen LogP contribution is 2.33. The van der Waals surface area contributed by atoms with E-state index in [0.717, 1.165) is 39.5 Å². The quantitative estimate of drug-likeness (QED) is 0.418. The average molecular weight is 356 g/mol. The summed E-state index contributed by atoms with van der Waals surface area (Å²) in [7, 11) is 1.66. The summed E-state index contributed by atoms with van der Waals surface area (Å²) in [4.78, 5) is 4.75. The number of nitrogens with zero attached hydrogens (tertiary/aromatic N) is 4. The molecule has 4 rings (SSSR count). The van der Waals surface area contributed by atoms with Crippen LogP contribution in [0.15, 0.2) is 77.1 Å². The molecule has 0 N–H and O–H groups in total. The molecule has 2 aromatic heterocycles. The van der Waals surface area contributed by atoms with Crippen molar-refractivity contribution in [3.05, 3.63) is 78.0 Å². The predicted octanol–water partition coefficient (Wildman–Crippen LogP) is 6.04. The normalized spacial score (nSPS) is 11.4.